The number of fused-ring (bicyclic) bond motifs is 7. The van der Waals surface area contributed by atoms with Crippen molar-refractivity contribution in [1.29, 1.82) is 0 Å². The Morgan fingerprint density at radius 1 is 0.245 bits per heavy atom. The van der Waals surface area contributed by atoms with Crippen LogP contribution in [-0.2, 0) is 0 Å². The lowest BCUT2D eigenvalue weighted by molar-refractivity contribution is 0.676. The highest BCUT2D eigenvalue weighted by molar-refractivity contribution is 6.30. The molecule has 53 heavy (non-hydrogen) atoms. The molecule has 0 aliphatic carbocycles. The molecule has 1 heterocycles. The van der Waals surface area contributed by atoms with Gasteiger partial charge in [0.1, 0.15) is 11.2 Å². The van der Waals surface area contributed by atoms with Gasteiger partial charge in [-0.3, -0.25) is 0 Å². The van der Waals surface area contributed by atoms with Gasteiger partial charge in [-0.2, -0.15) is 0 Å². The second kappa shape index (κ2) is 9.88. The number of hydrogen-bond acceptors (Lipinski definition) is 1. The van der Waals surface area contributed by atoms with Gasteiger partial charge in [0.15, 0.2) is 0 Å². The Morgan fingerprint density at radius 3 is 1.40 bits per heavy atom. The normalized spacial score (nSPS) is 12.5. The standard InChI is InChI=1S/C52H28O/c1-2-10-39-29(5-1)15-25-43-44-26-20-36-27-37(38-21-16-34-13-11-30-6-3-8-32-18-23-41(38)48(34)46(30)32)28-45(50(36)52(44)53-51(39)43)40-22-17-35-14-12-31-7-4-9-33-19-24-42(40)49(35)47(31)33/h1-28H. The molecule has 12 aromatic carbocycles. The molecule has 0 amide bonds. The van der Waals surface area contributed by atoms with Crippen molar-refractivity contribution in [3.63, 3.8) is 0 Å². The number of rotatable bonds is 2. The van der Waals surface area contributed by atoms with Crippen LogP contribution in [0.1, 0.15) is 0 Å². The van der Waals surface area contributed by atoms with E-state index in [9.17, 15) is 0 Å². The molecule has 0 N–H and O–H groups in total. The predicted molar refractivity (Wildman–Crippen MR) is 227 cm³/mol. The van der Waals surface area contributed by atoms with Crippen LogP contribution in [0.25, 0.3) is 130 Å². The maximum absolute atomic E-state index is 7.06. The second-order valence-corrected chi connectivity index (χ2v) is 14.8. The van der Waals surface area contributed by atoms with E-state index in [1.807, 2.05) is 0 Å². The van der Waals surface area contributed by atoms with Crippen molar-refractivity contribution >= 4 is 108 Å². The van der Waals surface area contributed by atoms with E-state index in [0.717, 1.165) is 32.7 Å². The minimum atomic E-state index is 0.941. The number of benzene rings is 12. The molecule has 0 saturated carbocycles. The van der Waals surface area contributed by atoms with E-state index in [4.69, 9.17) is 4.42 Å². The Hall–Kier alpha value is -6.96. The summed E-state index contributed by atoms with van der Waals surface area (Å²) in [5.41, 5.74) is 6.75. The van der Waals surface area contributed by atoms with Gasteiger partial charge >= 0.3 is 0 Å². The van der Waals surface area contributed by atoms with Gasteiger partial charge in [-0.1, -0.05) is 146 Å². The SMILES string of the molecule is c1ccc2c(c1)ccc1c3ccc4cc(-c5ccc6ccc7cccc8ccc5c6c78)cc(-c5ccc6ccc7cccc8ccc5c6c78)c4c3oc21. The molecular weight excluding hydrogens is 641 g/mol. The first kappa shape index (κ1) is 27.7. The lowest BCUT2D eigenvalue weighted by Gasteiger charge is -2.18. The van der Waals surface area contributed by atoms with Crippen LogP contribution >= 0.6 is 0 Å². The summed E-state index contributed by atoms with van der Waals surface area (Å²) in [7, 11) is 0. The molecule has 0 saturated heterocycles. The molecule has 0 spiro atoms. The molecule has 242 valence electrons. The molecule has 0 unspecified atom stereocenters. The first-order valence-corrected chi connectivity index (χ1v) is 18.4. The minimum Gasteiger partial charge on any atom is -0.455 e. The van der Waals surface area contributed by atoms with Crippen LogP contribution in [0.3, 0.4) is 0 Å². The minimum absolute atomic E-state index is 0.941. The molecule has 0 aliphatic rings. The molecule has 0 aliphatic heterocycles. The molecule has 13 rings (SSSR count). The highest BCUT2D eigenvalue weighted by Gasteiger charge is 2.21. The fraction of sp³-hybridized carbons (Fsp3) is 0. The van der Waals surface area contributed by atoms with Gasteiger partial charge in [-0.05, 0) is 122 Å². The molecule has 13 aromatic rings. The van der Waals surface area contributed by atoms with E-state index in [2.05, 4.69) is 170 Å². The van der Waals surface area contributed by atoms with Gasteiger partial charge in [0.2, 0.25) is 0 Å². The zero-order valence-corrected chi connectivity index (χ0v) is 28.6. The Labute approximate surface area is 303 Å². The summed E-state index contributed by atoms with van der Waals surface area (Å²) >= 11 is 0. The molecule has 0 atom stereocenters. The van der Waals surface area contributed by atoms with Crippen molar-refractivity contribution in [2.75, 3.05) is 0 Å². The lowest BCUT2D eigenvalue weighted by Crippen LogP contribution is -1.91. The fourth-order valence-electron chi connectivity index (χ4n) is 9.74. The van der Waals surface area contributed by atoms with E-state index in [1.54, 1.807) is 0 Å². The zero-order chi connectivity index (χ0) is 34.4. The van der Waals surface area contributed by atoms with Crippen molar-refractivity contribution in [2.45, 2.75) is 0 Å². The third-order valence-corrected chi connectivity index (χ3v) is 12.1. The van der Waals surface area contributed by atoms with Gasteiger partial charge in [-0.15, -0.1) is 0 Å². The summed E-state index contributed by atoms with van der Waals surface area (Å²) in [4.78, 5) is 0. The van der Waals surface area contributed by atoms with Crippen LogP contribution in [0.15, 0.2) is 174 Å². The predicted octanol–water partition coefficient (Wildman–Crippen LogP) is 15.0. The molecular formula is C52H28O. The summed E-state index contributed by atoms with van der Waals surface area (Å²) in [5, 5.41) is 22.5. The molecule has 0 bridgehead atoms. The first-order chi connectivity index (χ1) is 26.3. The van der Waals surface area contributed by atoms with Crippen LogP contribution in [0.2, 0.25) is 0 Å². The third-order valence-electron chi connectivity index (χ3n) is 12.1. The highest BCUT2D eigenvalue weighted by Crippen LogP contribution is 2.47. The lowest BCUT2D eigenvalue weighted by atomic mass is 9.85. The summed E-state index contributed by atoms with van der Waals surface area (Å²) in [5.74, 6) is 0. The van der Waals surface area contributed by atoms with Crippen LogP contribution < -0.4 is 0 Å². The monoisotopic (exact) mass is 668 g/mol. The quantitative estimate of drug-likeness (QED) is 0.167. The van der Waals surface area contributed by atoms with Crippen molar-refractivity contribution < 1.29 is 4.42 Å². The third kappa shape index (κ3) is 3.61. The molecule has 0 fully saturated rings. The van der Waals surface area contributed by atoms with E-state index < -0.39 is 0 Å². The highest BCUT2D eigenvalue weighted by atomic mass is 16.3. The molecule has 0 radical (unpaired) electrons. The van der Waals surface area contributed by atoms with Crippen molar-refractivity contribution in [3.8, 4) is 22.3 Å². The molecule has 1 nitrogen and oxygen atoms in total. The van der Waals surface area contributed by atoms with Crippen molar-refractivity contribution in [3.05, 3.63) is 170 Å². The Bertz CT molecular complexity index is 3640. The van der Waals surface area contributed by atoms with Gasteiger partial charge in [0.05, 0.1) is 0 Å². The van der Waals surface area contributed by atoms with E-state index in [-0.39, 0.29) is 0 Å². The van der Waals surface area contributed by atoms with Gasteiger partial charge in [0.25, 0.3) is 0 Å². The average molecular weight is 669 g/mol. The fourth-order valence-corrected chi connectivity index (χ4v) is 9.74. The Balaban J connectivity index is 1.19. The van der Waals surface area contributed by atoms with Crippen molar-refractivity contribution in [1.82, 2.24) is 0 Å². The summed E-state index contributed by atoms with van der Waals surface area (Å²) in [6.07, 6.45) is 0. The topological polar surface area (TPSA) is 13.1 Å². The number of furan rings is 1. The van der Waals surface area contributed by atoms with Gasteiger partial charge in [-0.25, -0.2) is 0 Å². The largest absolute Gasteiger partial charge is 0.455 e. The summed E-state index contributed by atoms with van der Waals surface area (Å²) in [6, 6.07) is 63.2. The Kier molecular flexibility index (Phi) is 5.17. The molecule has 1 aromatic heterocycles. The second-order valence-electron chi connectivity index (χ2n) is 14.8. The summed E-state index contributed by atoms with van der Waals surface area (Å²) < 4.78 is 7.06. The van der Waals surface area contributed by atoms with Crippen LogP contribution in [-0.4, -0.2) is 0 Å². The maximum Gasteiger partial charge on any atom is 0.143 e. The average Bonchev–Trinajstić information content (AvgIpc) is 3.61. The van der Waals surface area contributed by atoms with Crippen molar-refractivity contribution in [2.24, 2.45) is 0 Å². The first-order valence-electron chi connectivity index (χ1n) is 18.4. The smallest absolute Gasteiger partial charge is 0.143 e. The van der Waals surface area contributed by atoms with Crippen LogP contribution in [0.5, 0.6) is 0 Å². The molecule has 1 heteroatoms. The van der Waals surface area contributed by atoms with Gasteiger partial charge in [0, 0.05) is 21.5 Å². The Morgan fingerprint density at radius 2 is 0.717 bits per heavy atom. The van der Waals surface area contributed by atoms with E-state index in [0.29, 0.717) is 0 Å². The van der Waals surface area contributed by atoms with Crippen LogP contribution in [0.4, 0.5) is 0 Å². The summed E-state index contributed by atoms with van der Waals surface area (Å²) in [6.45, 7) is 0. The number of hydrogen-bond donors (Lipinski definition) is 0. The zero-order valence-electron chi connectivity index (χ0n) is 28.6. The van der Waals surface area contributed by atoms with Gasteiger partial charge < -0.3 is 4.42 Å². The maximum atomic E-state index is 7.06. The van der Waals surface area contributed by atoms with E-state index >= 15 is 0 Å². The van der Waals surface area contributed by atoms with Crippen LogP contribution in [0, 0.1) is 0 Å². The van der Waals surface area contributed by atoms with E-state index in [1.165, 1.54) is 97.7 Å².